The van der Waals surface area contributed by atoms with Gasteiger partial charge in [-0.25, -0.2) is 4.79 Å². The number of hydrogen-bond donors (Lipinski definition) is 2. The van der Waals surface area contributed by atoms with Crippen LogP contribution < -0.4 is 5.32 Å². The molecule has 0 aromatic carbocycles. The van der Waals surface area contributed by atoms with E-state index in [0.29, 0.717) is 18.6 Å². The Bertz CT molecular complexity index is 217. The van der Waals surface area contributed by atoms with Crippen molar-refractivity contribution in [3.05, 3.63) is 12.2 Å². The zero-order chi connectivity index (χ0) is 12.6. The summed E-state index contributed by atoms with van der Waals surface area (Å²) in [5, 5.41) is 11.6. The molecule has 0 saturated carbocycles. The summed E-state index contributed by atoms with van der Waals surface area (Å²) in [7, 11) is 0. The minimum absolute atomic E-state index is 0.538. The molecule has 0 fully saturated rings. The van der Waals surface area contributed by atoms with Crippen LogP contribution >= 0.6 is 0 Å². The normalized spacial score (nSPS) is 12.2. The van der Waals surface area contributed by atoms with Crippen molar-refractivity contribution in [2.45, 2.75) is 39.8 Å². The quantitative estimate of drug-likeness (QED) is 0.486. The van der Waals surface area contributed by atoms with Gasteiger partial charge in [-0.3, -0.25) is 4.90 Å². The lowest BCUT2D eigenvalue weighted by atomic mass is 10.2. The molecular formula is C12H24N2O2. The lowest BCUT2D eigenvalue weighted by molar-refractivity contribution is -0.131. The number of hydrogen-bond acceptors (Lipinski definition) is 3. The van der Waals surface area contributed by atoms with Crippen LogP contribution in [0.4, 0.5) is 0 Å². The van der Waals surface area contributed by atoms with E-state index in [0.717, 1.165) is 19.2 Å². The molecule has 0 saturated heterocycles. The largest absolute Gasteiger partial charge is 0.478 e. The van der Waals surface area contributed by atoms with E-state index in [4.69, 9.17) is 5.11 Å². The van der Waals surface area contributed by atoms with Crippen molar-refractivity contribution in [2.75, 3.05) is 19.6 Å². The average molecular weight is 228 g/mol. The van der Waals surface area contributed by atoms with Crippen LogP contribution in [0.5, 0.6) is 0 Å². The maximum atomic E-state index is 10.2. The fourth-order valence-corrected chi connectivity index (χ4v) is 1.67. The van der Waals surface area contributed by atoms with Crippen LogP contribution in [-0.4, -0.2) is 47.7 Å². The second kappa shape index (κ2) is 8.30. The van der Waals surface area contributed by atoms with Gasteiger partial charge >= 0.3 is 5.97 Å². The molecule has 0 aliphatic carbocycles. The highest BCUT2D eigenvalue weighted by molar-refractivity contribution is 5.79. The Labute approximate surface area is 98.3 Å². The molecule has 0 unspecified atom stereocenters. The summed E-state index contributed by atoms with van der Waals surface area (Å²) in [4.78, 5) is 12.6. The van der Waals surface area contributed by atoms with Crippen molar-refractivity contribution < 1.29 is 9.90 Å². The fraction of sp³-hybridized carbons (Fsp3) is 0.750. The Kier molecular flexibility index (Phi) is 7.85. The SMILES string of the molecule is CC(C)N(CCNC/C=C/C(=O)O)C(C)C. The van der Waals surface area contributed by atoms with Gasteiger partial charge in [-0.15, -0.1) is 0 Å². The predicted octanol–water partition coefficient (Wildman–Crippen LogP) is 1.34. The lowest BCUT2D eigenvalue weighted by Gasteiger charge is -2.30. The summed E-state index contributed by atoms with van der Waals surface area (Å²) in [6.07, 6.45) is 2.78. The van der Waals surface area contributed by atoms with Crippen LogP contribution in [0.3, 0.4) is 0 Å². The highest BCUT2D eigenvalue weighted by Crippen LogP contribution is 2.02. The summed E-state index contributed by atoms with van der Waals surface area (Å²) < 4.78 is 0. The van der Waals surface area contributed by atoms with Gasteiger partial charge in [0.25, 0.3) is 0 Å². The molecule has 0 aromatic heterocycles. The van der Waals surface area contributed by atoms with Crippen molar-refractivity contribution in [1.29, 1.82) is 0 Å². The minimum Gasteiger partial charge on any atom is -0.478 e. The van der Waals surface area contributed by atoms with Gasteiger partial charge in [0.05, 0.1) is 0 Å². The molecule has 0 amide bonds. The third-order valence-electron chi connectivity index (χ3n) is 2.40. The maximum Gasteiger partial charge on any atom is 0.328 e. The van der Waals surface area contributed by atoms with E-state index < -0.39 is 5.97 Å². The molecule has 4 nitrogen and oxygen atoms in total. The lowest BCUT2D eigenvalue weighted by Crippen LogP contribution is -2.41. The molecule has 16 heavy (non-hydrogen) atoms. The summed E-state index contributed by atoms with van der Waals surface area (Å²) in [6.45, 7) is 11.2. The van der Waals surface area contributed by atoms with Crippen LogP contribution in [0, 0.1) is 0 Å². The number of carbonyl (C=O) groups is 1. The summed E-state index contributed by atoms with van der Waals surface area (Å²) in [5.41, 5.74) is 0. The average Bonchev–Trinajstić information content (AvgIpc) is 2.14. The third kappa shape index (κ3) is 7.43. The predicted molar refractivity (Wildman–Crippen MR) is 66.6 cm³/mol. The standard InChI is InChI=1S/C12H24N2O2/c1-10(2)14(11(3)4)9-8-13-7-5-6-12(15)16/h5-6,10-11,13H,7-9H2,1-4H3,(H,15,16)/b6-5+. The molecule has 94 valence electrons. The Morgan fingerprint density at radius 2 is 1.88 bits per heavy atom. The van der Waals surface area contributed by atoms with E-state index in [1.54, 1.807) is 6.08 Å². The first-order valence-electron chi connectivity index (χ1n) is 5.81. The second-order valence-electron chi connectivity index (χ2n) is 4.37. The van der Waals surface area contributed by atoms with Gasteiger partial charge in [-0.1, -0.05) is 6.08 Å². The highest BCUT2D eigenvalue weighted by Gasteiger charge is 2.11. The van der Waals surface area contributed by atoms with E-state index >= 15 is 0 Å². The highest BCUT2D eigenvalue weighted by atomic mass is 16.4. The van der Waals surface area contributed by atoms with Crippen LogP contribution in [0.1, 0.15) is 27.7 Å². The molecule has 2 N–H and O–H groups in total. The molecule has 0 aliphatic rings. The van der Waals surface area contributed by atoms with E-state index in [2.05, 4.69) is 37.9 Å². The number of rotatable bonds is 8. The van der Waals surface area contributed by atoms with Crippen LogP contribution in [0.15, 0.2) is 12.2 Å². The first-order chi connectivity index (χ1) is 7.45. The smallest absolute Gasteiger partial charge is 0.328 e. The Hall–Kier alpha value is -0.870. The van der Waals surface area contributed by atoms with Gasteiger partial charge in [-0.2, -0.15) is 0 Å². The molecule has 0 rings (SSSR count). The number of nitrogens with zero attached hydrogens (tertiary/aromatic N) is 1. The van der Waals surface area contributed by atoms with Crippen molar-refractivity contribution in [2.24, 2.45) is 0 Å². The van der Waals surface area contributed by atoms with Crippen molar-refractivity contribution in [1.82, 2.24) is 10.2 Å². The number of carboxylic acids is 1. The molecule has 0 spiro atoms. The number of carboxylic acid groups (broad SMARTS) is 1. The van der Waals surface area contributed by atoms with Crippen molar-refractivity contribution in [3.8, 4) is 0 Å². The van der Waals surface area contributed by atoms with Gasteiger partial charge in [-0.05, 0) is 27.7 Å². The van der Waals surface area contributed by atoms with E-state index in [9.17, 15) is 4.79 Å². The number of aliphatic carboxylic acids is 1. The molecule has 0 aliphatic heterocycles. The van der Waals surface area contributed by atoms with E-state index in [-0.39, 0.29) is 0 Å². The minimum atomic E-state index is -0.896. The van der Waals surface area contributed by atoms with Crippen molar-refractivity contribution in [3.63, 3.8) is 0 Å². The zero-order valence-corrected chi connectivity index (χ0v) is 10.7. The second-order valence-corrected chi connectivity index (χ2v) is 4.37. The van der Waals surface area contributed by atoms with Crippen LogP contribution in [0.25, 0.3) is 0 Å². The molecule has 0 aromatic rings. The van der Waals surface area contributed by atoms with Gasteiger partial charge < -0.3 is 10.4 Å². The van der Waals surface area contributed by atoms with E-state index in [1.807, 2.05) is 0 Å². The Morgan fingerprint density at radius 3 is 2.31 bits per heavy atom. The molecule has 0 radical (unpaired) electrons. The first kappa shape index (κ1) is 15.1. The number of nitrogens with one attached hydrogen (secondary N) is 1. The van der Waals surface area contributed by atoms with Gasteiger partial charge in [0.2, 0.25) is 0 Å². The monoisotopic (exact) mass is 228 g/mol. The Morgan fingerprint density at radius 1 is 1.31 bits per heavy atom. The molecule has 0 atom stereocenters. The molecular weight excluding hydrogens is 204 g/mol. The Balaban J connectivity index is 3.67. The van der Waals surface area contributed by atoms with Crippen molar-refractivity contribution >= 4 is 5.97 Å². The first-order valence-corrected chi connectivity index (χ1v) is 5.81. The molecule has 0 heterocycles. The third-order valence-corrected chi connectivity index (χ3v) is 2.40. The molecule has 4 heteroatoms. The fourth-order valence-electron chi connectivity index (χ4n) is 1.67. The molecule has 0 bridgehead atoms. The topological polar surface area (TPSA) is 52.6 Å². The van der Waals surface area contributed by atoms with Gasteiger partial charge in [0.15, 0.2) is 0 Å². The van der Waals surface area contributed by atoms with Crippen LogP contribution in [-0.2, 0) is 4.79 Å². The zero-order valence-electron chi connectivity index (χ0n) is 10.7. The van der Waals surface area contributed by atoms with Gasteiger partial charge in [0, 0.05) is 37.8 Å². The summed E-state index contributed by atoms with van der Waals surface area (Å²) in [5.74, 6) is -0.896. The van der Waals surface area contributed by atoms with Crippen LogP contribution in [0.2, 0.25) is 0 Å². The van der Waals surface area contributed by atoms with E-state index in [1.165, 1.54) is 0 Å². The summed E-state index contributed by atoms with van der Waals surface area (Å²) >= 11 is 0. The summed E-state index contributed by atoms with van der Waals surface area (Å²) in [6, 6.07) is 1.08. The maximum absolute atomic E-state index is 10.2. The van der Waals surface area contributed by atoms with Gasteiger partial charge in [0.1, 0.15) is 0 Å².